The summed E-state index contributed by atoms with van der Waals surface area (Å²) in [6.45, 7) is 5.03. The zero-order valence-electron chi connectivity index (χ0n) is 12.7. The quantitative estimate of drug-likeness (QED) is 0.796. The average molecular weight is 316 g/mol. The zero-order valence-corrected chi connectivity index (χ0v) is 13.5. The number of aryl methyl sites for hydroxylation is 1. The first-order valence-electron chi connectivity index (χ1n) is 7.53. The van der Waals surface area contributed by atoms with Crippen LogP contribution < -0.4 is 0 Å². The third kappa shape index (κ3) is 3.61. The number of thiophene rings is 1. The van der Waals surface area contributed by atoms with E-state index in [4.69, 9.17) is 4.74 Å². The molecule has 5 heteroatoms. The van der Waals surface area contributed by atoms with E-state index >= 15 is 0 Å². The van der Waals surface area contributed by atoms with E-state index in [9.17, 15) is 4.79 Å². The molecule has 0 saturated carbocycles. The van der Waals surface area contributed by atoms with Crippen molar-refractivity contribution in [2.75, 3.05) is 19.8 Å². The summed E-state index contributed by atoms with van der Waals surface area (Å²) in [6, 6.07) is 7.98. The molecule has 22 heavy (non-hydrogen) atoms. The zero-order chi connectivity index (χ0) is 15.4. The van der Waals surface area contributed by atoms with E-state index in [1.165, 1.54) is 16.9 Å². The molecule has 3 heterocycles. The lowest BCUT2D eigenvalue weighted by Gasteiger charge is -2.35. The maximum absolute atomic E-state index is 12.4. The summed E-state index contributed by atoms with van der Waals surface area (Å²) in [6.07, 6.45) is 2.33. The van der Waals surface area contributed by atoms with Crippen LogP contribution in [0.15, 0.2) is 35.8 Å². The van der Waals surface area contributed by atoms with Gasteiger partial charge in [-0.05, 0) is 30.0 Å². The van der Waals surface area contributed by atoms with Crippen molar-refractivity contribution in [2.24, 2.45) is 0 Å². The molecular weight excluding hydrogens is 296 g/mol. The number of carbonyl (C=O) groups is 1. The van der Waals surface area contributed by atoms with E-state index in [0.29, 0.717) is 13.0 Å². The van der Waals surface area contributed by atoms with E-state index < -0.39 is 0 Å². The molecule has 1 aliphatic rings. The van der Waals surface area contributed by atoms with Crippen LogP contribution in [0.5, 0.6) is 0 Å². The number of carbonyl (C=O) groups excluding carboxylic acids is 1. The van der Waals surface area contributed by atoms with Crippen LogP contribution in [-0.4, -0.2) is 41.5 Å². The van der Waals surface area contributed by atoms with E-state index in [1.54, 1.807) is 0 Å². The fraction of sp³-hybridized carbons (Fsp3) is 0.412. The molecule has 1 atom stereocenters. The predicted octanol–water partition coefficient (Wildman–Crippen LogP) is 2.93. The molecule has 116 valence electrons. The molecule has 1 aliphatic heterocycles. The minimum Gasteiger partial charge on any atom is -0.378 e. The second kappa shape index (κ2) is 7.13. The Bertz CT molecular complexity index is 627. The molecule has 0 bridgehead atoms. The van der Waals surface area contributed by atoms with Crippen molar-refractivity contribution < 1.29 is 9.53 Å². The van der Waals surface area contributed by atoms with Crippen molar-refractivity contribution in [3.8, 4) is 0 Å². The summed E-state index contributed by atoms with van der Waals surface area (Å²) >= 11 is 1.51. The normalized spacial score (nSPS) is 19.2. The van der Waals surface area contributed by atoms with Gasteiger partial charge in [-0.25, -0.2) is 0 Å². The molecule has 0 aliphatic carbocycles. The molecule has 0 aromatic carbocycles. The van der Waals surface area contributed by atoms with Crippen LogP contribution in [0.1, 0.15) is 27.3 Å². The summed E-state index contributed by atoms with van der Waals surface area (Å²) in [5.74, 6) is 0.202. The van der Waals surface area contributed by atoms with Crippen molar-refractivity contribution in [1.29, 1.82) is 0 Å². The van der Waals surface area contributed by atoms with Gasteiger partial charge in [-0.3, -0.25) is 14.7 Å². The van der Waals surface area contributed by atoms with Crippen LogP contribution >= 0.6 is 11.3 Å². The van der Waals surface area contributed by atoms with Crippen molar-refractivity contribution in [3.63, 3.8) is 0 Å². The Morgan fingerprint density at radius 3 is 3.14 bits per heavy atom. The first-order valence-corrected chi connectivity index (χ1v) is 8.41. The Morgan fingerprint density at radius 1 is 1.45 bits per heavy atom. The number of hydrogen-bond acceptors (Lipinski definition) is 5. The fourth-order valence-electron chi connectivity index (χ4n) is 2.71. The number of morpholine rings is 1. The van der Waals surface area contributed by atoms with Gasteiger partial charge in [0.1, 0.15) is 0 Å². The van der Waals surface area contributed by atoms with Crippen molar-refractivity contribution in [2.45, 2.75) is 25.9 Å². The first-order chi connectivity index (χ1) is 10.7. The molecule has 2 aromatic rings. The number of nitrogens with zero attached hydrogens (tertiary/aromatic N) is 2. The van der Waals surface area contributed by atoms with Crippen LogP contribution in [0.25, 0.3) is 0 Å². The summed E-state index contributed by atoms with van der Waals surface area (Å²) in [5, 5.41) is 1.94. The minimum absolute atomic E-state index is 0.129. The monoisotopic (exact) mass is 316 g/mol. The summed E-state index contributed by atoms with van der Waals surface area (Å²) in [4.78, 5) is 20.0. The molecule has 0 radical (unpaired) electrons. The topological polar surface area (TPSA) is 42.4 Å². The molecule has 1 saturated heterocycles. The molecule has 1 fully saturated rings. The Morgan fingerprint density at radius 2 is 2.36 bits per heavy atom. The number of pyridine rings is 1. The van der Waals surface area contributed by atoms with Gasteiger partial charge in [0.2, 0.25) is 0 Å². The number of ether oxygens (including phenoxy) is 1. The largest absolute Gasteiger partial charge is 0.378 e. The average Bonchev–Trinajstić information content (AvgIpc) is 3.06. The van der Waals surface area contributed by atoms with Gasteiger partial charge in [-0.2, -0.15) is 0 Å². The fourth-order valence-corrected chi connectivity index (χ4v) is 3.39. The Kier molecular flexibility index (Phi) is 4.97. The van der Waals surface area contributed by atoms with Gasteiger partial charge in [-0.15, -0.1) is 11.3 Å². The molecule has 2 aromatic heterocycles. The molecule has 0 spiro atoms. The minimum atomic E-state index is 0.129. The van der Waals surface area contributed by atoms with Gasteiger partial charge in [0.05, 0.1) is 23.8 Å². The van der Waals surface area contributed by atoms with Gasteiger partial charge < -0.3 is 4.74 Å². The van der Waals surface area contributed by atoms with E-state index in [2.05, 4.69) is 22.9 Å². The third-order valence-electron chi connectivity index (χ3n) is 4.04. The molecule has 4 nitrogen and oxygen atoms in total. The number of ketones is 1. The van der Waals surface area contributed by atoms with E-state index in [-0.39, 0.29) is 11.8 Å². The van der Waals surface area contributed by atoms with E-state index in [0.717, 1.165) is 30.3 Å². The van der Waals surface area contributed by atoms with Crippen molar-refractivity contribution >= 4 is 17.1 Å². The Labute approximate surface area is 134 Å². The maximum atomic E-state index is 12.4. The highest BCUT2D eigenvalue weighted by Crippen LogP contribution is 2.19. The maximum Gasteiger partial charge on any atom is 0.174 e. The Hall–Kier alpha value is -1.56. The number of aromatic nitrogens is 1. The van der Waals surface area contributed by atoms with Crippen LogP contribution in [0.2, 0.25) is 0 Å². The highest BCUT2D eigenvalue weighted by Gasteiger charge is 2.26. The van der Waals surface area contributed by atoms with Crippen LogP contribution in [0.3, 0.4) is 0 Å². The Balaban J connectivity index is 1.69. The molecule has 0 N–H and O–H groups in total. The number of Topliss-reactive ketones (excluding diaryl/α,β-unsaturated/α-hetero) is 1. The second-order valence-electron chi connectivity index (χ2n) is 5.57. The molecule has 0 unspecified atom stereocenters. The first kappa shape index (κ1) is 15.3. The van der Waals surface area contributed by atoms with E-state index in [1.807, 2.05) is 29.8 Å². The van der Waals surface area contributed by atoms with Crippen LogP contribution in [-0.2, 0) is 11.3 Å². The van der Waals surface area contributed by atoms with Gasteiger partial charge in [0.25, 0.3) is 0 Å². The lowest BCUT2D eigenvalue weighted by molar-refractivity contribution is -0.0131. The lowest BCUT2D eigenvalue weighted by atomic mass is 10.1. The number of hydrogen-bond donors (Lipinski definition) is 0. The highest BCUT2D eigenvalue weighted by atomic mass is 32.1. The summed E-state index contributed by atoms with van der Waals surface area (Å²) in [7, 11) is 0. The van der Waals surface area contributed by atoms with Gasteiger partial charge in [0, 0.05) is 31.7 Å². The number of rotatable bonds is 5. The lowest BCUT2D eigenvalue weighted by Crippen LogP contribution is -2.46. The predicted molar refractivity (Wildman–Crippen MR) is 87.3 cm³/mol. The van der Waals surface area contributed by atoms with Gasteiger partial charge in [0.15, 0.2) is 5.78 Å². The van der Waals surface area contributed by atoms with Crippen molar-refractivity contribution in [3.05, 3.63) is 52.0 Å². The summed E-state index contributed by atoms with van der Waals surface area (Å²) < 4.78 is 5.59. The molecule has 0 amide bonds. The summed E-state index contributed by atoms with van der Waals surface area (Å²) in [5.41, 5.74) is 2.27. The molecular formula is C17H20N2O2S. The third-order valence-corrected chi connectivity index (χ3v) is 4.95. The van der Waals surface area contributed by atoms with Crippen molar-refractivity contribution in [1.82, 2.24) is 9.88 Å². The smallest absolute Gasteiger partial charge is 0.174 e. The van der Waals surface area contributed by atoms with Crippen LogP contribution in [0.4, 0.5) is 0 Å². The SMILES string of the molecule is Cc1cccnc1CN1CCOC[C@@H]1CC(=O)c1cccs1. The van der Waals surface area contributed by atoms with Crippen LogP contribution in [0, 0.1) is 6.92 Å². The van der Waals surface area contributed by atoms with Gasteiger partial charge in [-0.1, -0.05) is 12.1 Å². The van der Waals surface area contributed by atoms with Gasteiger partial charge >= 0.3 is 0 Å². The second-order valence-corrected chi connectivity index (χ2v) is 6.52. The molecule has 3 rings (SSSR count). The standard InChI is InChI=1S/C17H20N2O2S/c1-13-4-2-6-18-15(13)11-19-7-8-21-12-14(19)10-16(20)17-5-3-9-22-17/h2-6,9,14H,7-8,10-12H2,1H3/t14-/m0/s1. The highest BCUT2D eigenvalue weighted by molar-refractivity contribution is 7.12.